The van der Waals surface area contributed by atoms with Gasteiger partial charge in [-0.3, -0.25) is 9.59 Å². The van der Waals surface area contributed by atoms with E-state index in [1.807, 2.05) is 54.6 Å². The Bertz CT molecular complexity index is 1100. The molecule has 2 aromatic heterocycles. The third kappa shape index (κ3) is 3.92. The van der Waals surface area contributed by atoms with Crippen molar-refractivity contribution in [2.24, 2.45) is 0 Å². The van der Waals surface area contributed by atoms with Gasteiger partial charge in [0.15, 0.2) is 11.5 Å². The number of hydrogen-bond donors (Lipinski definition) is 1. The highest BCUT2D eigenvalue weighted by atomic mass is 32.1. The summed E-state index contributed by atoms with van der Waals surface area (Å²) in [5, 5.41) is 6.65. The molecule has 2 aromatic carbocycles. The first-order valence-electron chi connectivity index (χ1n) is 8.69. The van der Waals surface area contributed by atoms with E-state index in [1.54, 1.807) is 24.3 Å². The number of carbonyl (C=O) groups is 2. The lowest BCUT2D eigenvalue weighted by Crippen LogP contribution is -2.22. The molecule has 0 unspecified atom stereocenters. The minimum absolute atomic E-state index is 0.0211. The van der Waals surface area contributed by atoms with Crippen LogP contribution in [-0.2, 0) is 6.54 Å². The van der Waals surface area contributed by atoms with E-state index in [2.05, 4.69) is 10.5 Å². The Kier molecular flexibility index (Phi) is 5.12. The van der Waals surface area contributed by atoms with E-state index in [0.29, 0.717) is 22.7 Å². The van der Waals surface area contributed by atoms with Crippen LogP contribution >= 0.6 is 11.3 Å². The first-order valence-corrected chi connectivity index (χ1v) is 9.51. The number of amides is 1. The van der Waals surface area contributed by atoms with E-state index in [1.165, 1.54) is 11.3 Å². The quantitative estimate of drug-likeness (QED) is 0.491. The van der Waals surface area contributed by atoms with Gasteiger partial charge >= 0.3 is 0 Å². The van der Waals surface area contributed by atoms with E-state index >= 15 is 0 Å². The van der Waals surface area contributed by atoms with Gasteiger partial charge in [-0.15, -0.1) is 11.3 Å². The highest BCUT2D eigenvalue weighted by Gasteiger charge is 2.15. The first-order chi connectivity index (χ1) is 13.7. The van der Waals surface area contributed by atoms with E-state index in [4.69, 9.17) is 4.52 Å². The fourth-order valence-electron chi connectivity index (χ4n) is 2.71. The molecule has 0 aliphatic rings. The van der Waals surface area contributed by atoms with Crippen molar-refractivity contribution in [1.29, 1.82) is 0 Å². The van der Waals surface area contributed by atoms with Gasteiger partial charge < -0.3 is 9.84 Å². The molecule has 4 aromatic rings. The van der Waals surface area contributed by atoms with E-state index in [-0.39, 0.29) is 17.4 Å². The van der Waals surface area contributed by atoms with Crippen LogP contribution in [0.3, 0.4) is 0 Å². The molecule has 2 heterocycles. The van der Waals surface area contributed by atoms with Crippen LogP contribution in [0.5, 0.6) is 0 Å². The van der Waals surface area contributed by atoms with Crippen LogP contribution in [0.1, 0.15) is 30.6 Å². The van der Waals surface area contributed by atoms with Crippen LogP contribution in [0.25, 0.3) is 11.3 Å². The fourth-order valence-corrected chi connectivity index (χ4v) is 3.61. The zero-order valence-corrected chi connectivity index (χ0v) is 15.6. The van der Waals surface area contributed by atoms with Gasteiger partial charge in [-0.1, -0.05) is 65.8 Å². The van der Waals surface area contributed by atoms with Crippen LogP contribution in [-0.4, -0.2) is 16.8 Å². The molecular formula is C22H16N2O3S. The summed E-state index contributed by atoms with van der Waals surface area (Å²) in [4.78, 5) is 26.3. The van der Waals surface area contributed by atoms with Crippen LogP contribution < -0.4 is 5.32 Å². The third-order valence-electron chi connectivity index (χ3n) is 4.15. The summed E-state index contributed by atoms with van der Waals surface area (Å²) < 4.78 is 5.26. The van der Waals surface area contributed by atoms with Crippen LogP contribution in [0, 0.1) is 0 Å². The number of aromatic nitrogens is 1. The molecule has 0 spiro atoms. The Morgan fingerprint density at radius 3 is 2.39 bits per heavy atom. The summed E-state index contributed by atoms with van der Waals surface area (Å²) in [7, 11) is 0. The number of rotatable bonds is 6. The van der Waals surface area contributed by atoms with E-state index in [9.17, 15) is 9.59 Å². The highest BCUT2D eigenvalue weighted by Crippen LogP contribution is 2.21. The van der Waals surface area contributed by atoms with Gasteiger partial charge in [0.2, 0.25) is 5.78 Å². The van der Waals surface area contributed by atoms with E-state index in [0.717, 1.165) is 10.4 Å². The maximum atomic E-state index is 12.5. The zero-order valence-electron chi connectivity index (χ0n) is 14.8. The van der Waals surface area contributed by atoms with Gasteiger partial charge in [0.1, 0.15) is 0 Å². The SMILES string of the molecule is O=C(NCc1ccc(C(=O)c2ccccc2)s1)c1cc(-c2ccccc2)on1. The predicted molar refractivity (Wildman–Crippen MR) is 107 cm³/mol. The fraction of sp³-hybridized carbons (Fsp3) is 0.0455. The Labute approximate surface area is 165 Å². The lowest BCUT2D eigenvalue weighted by molar-refractivity contribution is 0.0941. The first kappa shape index (κ1) is 17.9. The lowest BCUT2D eigenvalue weighted by atomic mass is 10.1. The maximum Gasteiger partial charge on any atom is 0.273 e. The standard InChI is InChI=1S/C22H16N2O3S/c25-21(16-9-5-2-6-10-16)20-12-11-17(28-20)14-23-22(26)18-13-19(27-24-18)15-7-3-1-4-8-15/h1-13H,14H2,(H,23,26). The molecule has 0 fully saturated rings. The second-order valence-electron chi connectivity index (χ2n) is 6.09. The summed E-state index contributed by atoms with van der Waals surface area (Å²) in [5.41, 5.74) is 1.73. The van der Waals surface area contributed by atoms with Gasteiger partial charge in [0.05, 0.1) is 11.4 Å². The molecule has 0 saturated heterocycles. The number of ketones is 1. The van der Waals surface area contributed by atoms with Crippen molar-refractivity contribution in [2.45, 2.75) is 6.54 Å². The van der Waals surface area contributed by atoms with Gasteiger partial charge in [-0.2, -0.15) is 0 Å². The summed E-state index contributed by atoms with van der Waals surface area (Å²) in [5.74, 6) is 0.195. The molecule has 1 N–H and O–H groups in total. The summed E-state index contributed by atoms with van der Waals surface area (Å²) >= 11 is 1.37. The summed E-state index contributed by atoms with van der Waals surface area (Å²) in [6.07, 6.45) is 0. The number of nitrogens with zero attached hydrogens (tertiary/aromatic N) is 1. The number of carbonyl (C=O) groups excluding carboxylic acids is 2. The van der Waals surface area contributed by atoms with Crippen molar-refractivity contribution in [3.05, 3.63) is 99.9 Å². The van der Waals surface area contributed by atoms with Crippen LogP contribution in [0.4, 0.5) is 0 Å². The Morgan fingerprint density at radius 2 is 1.64 bits per heavy atom. The van der Waals surface area contributed by atoms with Crippen molar-refractivity contribution in [1.82, 2.24) is 10.5 Å². The Hall–Kier alpha value is -3.51. The van der Waals surface area contributed by atoms with Crippen molar-refractivity contribution in [3.63, 3.8) is 0 Å². The number of thiophene rings is 1. The maximum absolute atomic E-state index is 12.5. The topological polar surface area (TPSA) is 72.2 Å². The summed E-state index contributed by atoms with van der Waals surface area (Å²) in [6.45, 7) is 0.319. The summed E-state index contributed by atoms with van der Waals surface area (Å²) in [6, 6.07) is 23.8. The Balaban J connectivity index is 1.39. The van der Waals surface area contributed by atoms with Gasteiger partial charge in [-0.05, 0) is 12.1 Å². The smallest absolute Gasteiger partial charge is 0.273 e. The van der Waals surface area contributed by atoms with Crippen molar-refractivity contribution >= 4 is 23.0 Å². The third-order valence-corrected chi connectivity index (χ3v) is 5.23. The molecule has 0 atom stereocenters. The molecule has 5 nitrogen and oxygen atoms in total. The second-order valence-corrected chi connectivity index (χ2v) is 7.25. The molecule has 0 aliphatic carbocycles. The zero-order chi connectivity index (χ0) is 19.3. The van der Waals surface area contributed by atoms with Crippen LogP contribution in [0.15, 0.2) is 83.4 Å². The molecular weight excluding hydrogens is 372 g/mol. The van der Waals surface area contributed by atoms with Crippen molar-refractivity contribution in [2.75, 3.05) is 0 Å². The molecule has 0 bridgehead atoms. The van der Waals surface area contributed by atoms with E-state index < -0.39 is 0 Å². The molecule has 138 valence electrons. The highest BCUT2D eigenvalue weighted by molar-refractivity contribution is 7.14. The van der Waals surface area contributed by atoms with Gasteiger partial charge in [0.25, 0.3) is 5.91 Å². The molecule has 0 aliphatic heterocycles. The molecule has 0 saturated carbocycles. The minimum atomic E-state index is -0.324. The average Bonchev–Trinajstić information content (AvgIpc) is 3.43. The Morgan fingerprint density at radius 1 is 0.929 bits per heavy atom. The van der Waals surface area contributed by atoms with Crippen LogP contribution in [0.2, 0.25) is 0 Å². The molecule has 1 amide bonds. The molecule has 0 radical (unpaired) electrons. The number of benzene rings is 2. The minimum Gasteiger partial charge on any atom is -0.355 e. The molecule has 4 rings (SSSR count). The molecule has 28 heavy (non-hydrogen) atoms. The van der Waals surface area contributed by atoms with Gasteiger partial charge in [-0.25, -0.2) is 0 Å². The molecule has 6 heteroatoms. The van der Waals surface area contributed by atoms with Crippen molar-refractivity contribution < 1.29 is 14.1 Å². The second kappa shape index (κ2) is 8.02. The number of hydrogen-bond acceptors (Lipinski definition) is 5. The van der Waals surface area contributed by atoms with Gasteiger partial charge in [0, 0.05) is 22.1 Å². The van der Waals surface area contributed by atoms with Crippen molar-refractivity contribution in [3.8, 4) is 11.3 Å². The predicted octanol–water partition coefficient (Wildman–Crippen LogP) is 4.56. The lowest BCUT2D eigenvalue weighted by Gasteiger charge is -2.00. The average molecular weight is 388 g/mol. The normalized spacial score (nSPS) is 10.6. The largest absolute Gasteiger partial charge is 0.355 e. The number of nitrogens with one attached hydrogen (secondary N) is 1. The monoisotopic (exact) mass is 388 g/mol.